The topological polar surface area (TPSA) is 94.2 Å². The van der Waals surface area contributed by atoms with Crippen LogP contribution in [0.1, 0.15) is 61.0 Å². The van der Waals surface area contributed by atoms with Crippen molar-refractivity contribution in [2.45, 2.75) is 84.3 Å². The molecule has 3 rings (SSSR count). The second kappa shape index (κ2) is 8.03. The van der Waals surface area contributed by atoms with Gasteiger partial charge >= 0.3 is 11.9 Å². The first-order valence-corrected chi connectivity index (χ1v) is 10.9. The van der Waals surface area contributed by atoms with Gasteiger partial charge in [-0.2, -0.15) is 0 Å². The molecule has 7 nitrogen and oxygen atoms in total. The zero-order valence-electron chi connectivity index (χ0n) is 20.1. The molecule has 1 aliphatic heterocycles. The molecule has 0 saturated carbocycles. The average Bonchev–Trinajstić information content (AvgIpc) is 3.37. The maximum absolute atomic E-state index is 13.5. The molecule has 2 aliphatic rings. The molecule has 7 heteroatoms. The molecule has 1 N–H and O–H groups in total. The van der Waals surface area contributed by atoms with Gasteiger partial charge in [0.05, 0.1) is 17.2 Å². The van der Waals surface area contributed by atoms with Crippen molar-refractivity contribution in [3.8, 4) is 0 Å². The monoisotopic (exact) mass is 443 g/mol. The minimum atomic E-state index is -1.20. The number of fused-ring (bicyclic) bond motifs is 1. The quantitative estimate of drug-likeness (QED) is 0.566. The highest BCUT2D eigenvalue weighted by atomic mass is 16.6. The lowest BCUT2D eigenvalue weighted by molar-refractivity contribution is -0.155. The molecule has 0 aromatic heterocycles. The standard InChI is InChI=1S/C25H33NO6/c1-14-17(21(28)31-23(3,4)5)18(22(29)32-24(6,7)8)25(16-12-10-9-11-13-16)20(30-25)19(14)26-15(2)27/h9-14,19-20H,1-8H3,(H,26,27)/t14-,19-,20-,25+/m1/s1. The number of esters is 2. The molecule has 32 heavy (non-hydrogen) atoms. The van der Waals surface area contributed by atoms with Gasteiger partial charge in [-0.15, -0.1) is 0 Å². The van der Waals surface area contributed by atoms with E-state index in [1.807, 2.05) is 30.3 Å². The Kier molecular flexibility index (Phi) is 6.02. The molecule has 1 fully saturated rings. The van der Waals surface area contributed by atoms with Gasteiger partial charge in [0.25, 0.3) is 0 Å². The summed E-state index contributed by atoms with van der Waals surface area (Å²) in [5.41, 5.74) is -1.71. The van der Waals surface area contributed by atoms with E-state index in [2.05, 4.69) is 5.32 Å². The maximum Gasteiger partial charge on any atom is 0.338 e. The molecule has 0 unspecified atom stereocenters. The van der Waals surface area contributed by atoms with Crippen LogP contribution in [0.2, 0.25) is 0 Å². The van der Waals surface area contributed by atoms with Crippen LogP contribution in [0.15, 0.2) is 41.5 Å². The van der Waals surface area contributed by atoms with Crippen LogP contribution in [0, 0.1) is 5.92 Å². The van der Waals surface area contributed by atoms with Crippen LogP contribution in [-0.2, 0) is 34.2 Å². The van der Waals surface area contributed by atoms with Crippen LogP contribution in [-0.4, -0.2) is 41.2 Å². The van der Waals surface area contributed by atoms with E-state index >= 15 is 0 Å². The summed E-state index contributed by atoms with van der Waals surface area (Å²) in [7, 11) is 0. The number of carbonyl (C=O) groups excluding carboxylic acids is 3. The van der Waals surface area contributed by atoms with Gasteiger partial charge in [0, 0.05) is 12.8 Å². The van der Waals surface area contributed by atoms with E-state index in [-0.39, 0.29) is 17.1 Å². The summed E-state index contributed by atoms with van der Waals surface area (Å²) in [6.45, 7) is 13.8. The van der Waals surface area contributed by atoms with Crippen molar-refractivity contribution in [1.82, 2.24) is 5.32 Å². The van der Waals surface area contributed by atoms with E-state index < -0.39 is 46.8 Å². The lowest BCUT2D eigenvalue weighted by Gasteiger charge is -2.35. The number of epoxide rings is 1. The van der Waals surface area contributed by atoms with Crippen molar-refractivity contribution < 1.29 is 28.6 Å². The van der Waals surface area contributed by atoms with Crippen molar-refractivity contribution in [3.63, 3.8) is 0 Å². The molecular weight excluding hydrogens is 410 g/mol. The SMILES string of the molecule is CC(=O)N[C@@H]1[C@H](C)C(C(=O)OC(C)(C)C)=C(C(=O)OC(C)(C)C)[C@]2(c3ccccc3)O[C@H]12. The molecule has 0 radical (unpaired) electrons. The smallest absolute Gasteiger partial charge is 0.338 e. The summed E-state index contributed by atoms with van der Waals surface area (Å²) in [6, 6.07) is 8.72. The molecule has 0 bridgehead atoms. The molecular formula is C25H33NO6. The summed E-state index contributed by atoms with van der Waals surface area (Å²) >= 11 is 0. The van der Waals surface area contributed by atoms with E-state index in [0.29, 0.717) is 5.56 Å². The molecule has 1 aromatic rings. The van der Waals surface area contributed by atoms with Crippen molar-refractivity contribution in [3.05, 3.63) is 47.0 Å². The molecule has 174 valence electrons. The number of amides is 1. The highest BCUT2D eigenvalue weighted by Crippen LogP contribution is 2.60. The van der Waals surface area contributed by atoms with E-state index in [4.69, 9.17) is 14.2 Å². The Morgan fingerprint density at radius 2 is 1.47 bits per heavy atom. The Bertz CT molecular complexity index is 953. The summed E-state index contributed by atoms with van der Waals surface area (Å²) in [6.07, 6.45) is -0.516. The van der Waals surface area contributed by atoms with Crippen molar-refractivity contribution in [2.75, 3.05) is 0 Å². The van der Waals surface area contributed by atoms with Crippen LogP contribution < -0.4 is 5.32 Å². The molecule has 1 amide bonds. The fourth-order valence-electron chi connectivity index (χ4n) is 4.27. The highest BCUT2D eigenvalue weighted by Gasteiger charge is 2.71. The lowest BCUT2D eigenvalue weighted by atomic mass is 9.71. The second-order valence-electron chi connectivity index (χ2n) is 10.4. The van der Waals surface area contributed by atoms with Crippen molar-refractivity contribution in [1.29, 1.82) is 0 Å². The first-order chi connectivity index (χ1) is 14.7. The Balaban J connectivity index is 2.25. The Morgan fingerprint density at radius 1 is 0.938 bits per heavy atom. The number of hydrogen-bond donors (Lipinski definition) is 1. The third-order valence-electron chi connectivity index (χ3n) is 5.41. The molecule has 0 spiro atoms. The fourth-order valence-corrected chi connectivity index (χ4v) is 4.27. The van der Waals surface area contributed by atoms with Gasteiger partial charge in [0.1, 0.15) is 17.3 Å². The number of hydrogen-bond acceptors (Lipinski definition) is 6. The summed E-state index contributed by atoms with van der Waals surface area (Å²) in [5, 5.41) is 2.91. The van der Waals surface area contributed by atoms with Crippen LogP contribution in [0.25, 0.3) is 0 Å². The van der Waals surface area contributed by atoms with E-state index in [9.17, 15) is 14.4 Å². The van der Waals surface area contributed by atoms with E-state index in [1.54, 1.807) is 48.5 Å². The first-order valence-electron chi connectivity index (χ1n) is 10.9. The summed E-state index contributed by atoms with van der Waals surface area (Å²) in [4.78, 5) is 38.9. The van der Waals surface area contributed by atoms with Crippen LogP contribution in [0.5, 0.6) is 0 Å². The van der Waals surface area contributed by atoms with Crippen LogP contribution in [0.4, 0.5) is 0 Å². The molecule has 1 heterocycles. The number of carbonyl (C=O) groups is 3. The number of benzene rings is 1. The predicted molar refractivity (Wildman–Crippen MR) is 118 cm³/mol. The lowest BCUT2D eigenvalue weighted by Crippen LogP contribution is -2.51. The van der Waals surface area contributed by atoms with Crippen LogP contribution >= 0.6 is 0 Å². The summed E-state index contributed by atoms with van der Waals surface area (Å²) in [5.74, 6) is -2.02. The van der Waals surface area contributed by atoms with Crippen molar-refractivity contribution >= 4 is 17.8 Å². The zero-order valence-corrected chi connectivity index (χ0v) is 20.1. The Labute approximate surface area is 189 Å². The summed E-state index contributed by atoms with van der Waals surface area (Å²) < 4.78 is 17.6. The molecule has 1 saturated heterocycles. The zero-order chi connectivity index (χ0) is 24.1. The van der Waals surface area contributed by atoms with Gasteiger partial charge < -0.3 is 19.5 Å². The van der Waals surface area contributed by atoms with Gasteiger partial charge in [-0.25, -0.2) is 9.59 Å². The van der Waals surface area contributed by atoms with Gasteiger partial charge in [-0.05, 0) is 47.1 Å². The minimum absolute atomic E-state index is 0.145. The van der Waals surface area contributed by atoms with Gasteiger partial charge in [-0.3, -0.25) is 4.79 Å². The van der Waals surface area contributed by atoms with Gasteiger partial charge in [-0.1, -0.05) is 37.3 Å². The average molecular weight is 444 g/mol. The normalized spacial score (nSPS) is 27.3. The number of nitrogens with one attached hydrogen (secondary N) is 1. The van der Waals surface area contributed by atoms with Gasteiger partial charge in [0.2, 0.25) is 5.91 Å². The first kappa shape index (κ1) is 24.0. The Morgan fingerprint density at radius 3 is 1.97 bits per heavy atom. The fraction of sp³-hybridized carbons (Fsp3) is 0.560. The molecule has 1 aromatic carbocycles. The second-order valence-corrected chi connectivity index (χ2v) is 10.4. The number of ether oxygens (including phenoxy) is 3. The maximum atomic E-state index is 13.5. The van der Waals surface area contributed by atoms with E-state index in [1.165, 1.54) is 6.92 Å². The third-order valence-corrected chi connectivity index (χ3v) is 5.41. The molecule has 4 atom stereocenters. The van der Waals surface area contributed by atoms with Crippen LogP contribution in [0.3, 0.4) is 0 Å². The minimum Gasteiger partial charge on any atom is -0.457 e. The third kappa shape index (κ3) is 4.58. The predicted octanol–water partition coefficient (Wildman–Crippen LogP) is 3.42. The largest absolute Gasteiger partial charge is 0.457 e. The van der Waals surface area contributed by atoms with E-state index in [0.717, 1.165) is 0 Å². The van der Waals surface area contributed by atoms with Crippen molar-refractivity contribution in [2.24, 2.45) is 5.92 Å². The number of rotatable bonds is 4. The molecule has 1 aliphatic carbocycles. The van der Waals surface area contributed by atoms with Gasteiger partial charge in [0.15, 0.2) is 5.60 Å². The highest BCUT2D eigenvalue weighted by molar-refractivity contribution is 6.04. The Hall–Kier alpha value is -2.67.